The molecule has 0 saturated carbocycles. The molecule has 3 atom stereocenters. The van der Waals surface area contributed by atoms with Crippen molar-refractivity contribution in [1.82, 2.24) is 30.6 Å². The Morgan fingerprint density at radius 2 is 1.38 bits per heavy atom. The Kier molecular flexibility index (Phi) is 28.1. The fraction of sp³-hybridized carbons (Fsp3) is 0.771. The number of hydrogen-bond donors (Lipinski definition) is 2. The summed E-state index contributed by atoms with van der Waals surface area (Å²) in [7, 11) is -0.850. The van der Waals surface area contributed by atoms with Crippen LogP contribution in [0.5, 0.6) is 0 Å². The molecule has 0 fully saturated rings. The number of benzene rings is 1. The van der Waals surface area contributed by atoms with Crippen molar-refractivity contribution >= 4 is 24.8 Å². The fourth-order valence-electron chi connectivity index (χ4n) is 7.83. The maximum Gasteiger partial charge on any atom is 0.268 e. The largest absolute Gasteiger partial charge is 0.756 e. The Balaban J connectivity index is 1.40. The summed E-state index contributed by atoms with van der Waals surface area (Å²) < 4.78 is 30.4. The molecule has 15 heteroatoms. The molecular weight excluding hydrogens is 818 g/mol. The zero-order chi connectivity index (χ0) is 45.4. The van der Waals surface area contributed by atoms with E-state index >= 15 is 0 Å². The normalized spacial score (nSPS) is 14.1. The highest BCUT2D eigenvalue weighted by Gasteiger charge is 2.24. The van der Waals surface area contributed by atoms with Crippen LogP contribution in [0.25, 0.3) is 11.0 Å². The number of phosphoric ester groups is 1. The van der Waals surface area contributed by atoms with Gasteiger partial charge in [0, 0.05) is 6.42 Å². The lowest BCUT2D eigenvalue weighted by Crippen LogP contribution is -2.46. The number of aliphatic hydroxyl groups excluding tert-OH is 1. The molecule has 3 rings (SSSR count). The molecule has 1 aromatic carbocycles. The third-order valence-corrected chi connectivity index (χ3v) is 12.7. The van der Waals surface area contributed by atoms with Gasteiger partial charge in [0.1, 0.15) is 36.4 Å². The Morgan fingerprint density at radius 3 is 1.98 bits per heavy atom. The van der Waals surface area contributed by atoms with Crippen molar-refractivity contribution in [3.8, 4) is 0 Å². The second-order valence-electron chi connectivity index (χ2n) is 18.3. The highest BCUT2D eigenvalue weighted by Crippen LogP contribution is 2.38. The highest BCUT2D eigenvalue weighted by atomic mass is 31.2. The summed E-state index contributed by atoms with van der Waals surface area (Å²) in [5.41, 5.74) is 3.07. The van der Waals surface area contributed by atoms with Crippen LogP contribution in [0.2, 0.25) is 0 Å². The van der Waals surface area contributed by atoms with E-state index in [1.807, 2.05) is 44.6 Å². The van der Waals surface area contributed by atoms with Gasteiger partial charge in [-0.05, 0) is 47.3 Å². The van der Waals surface area contributed by atoms with E-state index in [0.29, 0.717) is 41.6 Å². The van der Waals surface area contributed by atoms with Gasteiger partial charge in [0.2, 0.25) is 5.91 Å². The summed E-state index contributed by atoms with van der Waals surface area (Å²) in [6, 6.07) is 4.73. The SMILES string of the molecule is CCCCCCCCCCCCC/C=C/[C@@H](O)[C@H](COP(=O)([O-])OCC[N+](C)(C)Cc1cn(Cc2ccc3nonc3c2)nn1)NC(=O)CCCCCCCCCCCCCCC. The van der Waals surface area contributed by atoms with Gasteiger partial charge in [-0.2, -0.15) is 0 Å². The molecule has 2 aromatic heterocycles. The molecule has 1 amide bonds. The van der Waals surface area contributed by atoms with Gasteiger partial charge in [-0.15, -0.1) is 5.10 Å². The van der Waals surface area contributed by atoms with Crippen LogP contribution < -0.4 is 10.2 Å². The van der Waals surface area contributed by atoms with Gasteiger partial charge in [0.25, 0.3) is 7.82 Å². The summed E-state index contributed by atoms with van der Waals surface area (Å²) in [6.07, 6.45) is 35.1. The molecule has 0 aliphatic carbocycles. The first-order valence-corrected chi connectivity index (χ1v) is 26.1. The average molecular weight is 902 g/mol. The quantitative estimate of drug-likeness (QED) is 0.0240. The lowest BCUT2D eigenvalue weighted by Gasteiger charge is -2.31. The van der Waals surface area contributed by atoms with E-state index in [2.05, 4.69) is 39.8 Å². The van der Waals surface area contributed by atoms with Gasteiger partial charge in [-0.25, -0.2) is 9.31 Å². The van der Waals surface area contributed by atoms with E-state index in [-0.39, 0.29) is 12.5 Å². The first-order valence-electron chi connectivity index (χ1n) is 24.7. The molecule has 0 spiro atoms. The number of aromatic nitrogens is 5. The van der Waals surface area contributed by atoms with Gasteiger partial charge in [-0.1, -0.05) is 179 Å². The first-order chi connectivity index (χ1) is 30.5. The number of nitrogens with zero attached hydrogens (tertiary/aromatic N) is 6. The number of amides is 1. The number of hydrogen-bond acceptors (Lipinski definition) is 11. The highest BCUT2D eigenvalue weighted by molar-refractivity contribution is 7.45. The second-order valence-corrected chi connectivity index (χ2v) is 19.7. The summed E-state index contributed by atoms with van der Waals surface area (Å²) in [4.78, 5) is 26.0. The minimum atomic E-state index is -4.75. The zero-order valence-electron chi connectivity index (χ0n) is 39.6. The van der Waals surface area contributed by atoms with Crippen LogP contribution in [0.15, 0.2) is 41.2 Å². The predicted molar refractivity (Wildman–Crippen MR) is 250 cm³/mol. The van der Waals surface area contributed by atoms with Crippen molar-refractivity contribution in [3.05, 3.63) is 47.8 Å². The van der Waals surface area contributed by atoms with E-state index < -0.39 is 26.6 Å². The average Bonchev–Trinajstić information content (AvgIpc) is 3.91. The minimum Gasteiger partial charge on any atom is -0.756 e. The van der Waals surface area contributed by atoms with Gasteiger partial charge >= 0.3 is 0 Å². The second kappa shape index (κ2) is 32.6. The molecule has 2 N–H and O–H groups in total. The molecule has 0 bridgehead atoms. The van der Waals surface area contributed by atoms with Crippen molar-refractivity contribution in [2.75, 3.05) is 33.9 Å². The van der Waals surface area contributed by atoms with Crippen molar-refractivity contribution in [2.45, 2.75) is 206 Å². The molecular formula is C48H84N7O7P. The number of aliphatic hydroxyl groups is 1. The van der Waals surface area contributed by atoms with E-state index in [0.717, 1.165) is 49.8 Å². The Labute approximate surface area is 379 Å². The van der Waals surface area contributed by atoms with Crippen molar-refractivity contribution in [2.24, 2.45) is 0 Å². The molecule has 3 aromatic rings. The van der Waals surface area contributed by atoms with Gasteiger partial charge in [0.05, 0.1) is 45.6 Å². The van der Waals surface area contributed by atoms with E-state index in [9.17, 15) is 19.4 Å². The molecule has 14 nitrogen and oxygen atoms in total. The maximum atomic E-state index is 13.0. The monoisotopic (exact) mass is 902 g/mol. The lowest BCUT2D eigenvalue weighted by atomic mass is 10.0. The summed E-state index contributed by atoms with van der Waals surface area (Å²) in [6.45, 7) is 5.28. The predicted octanol–water partition coefficient (Wildman–Crippen LogP) is 10.5. The van der Waals surface area contributed by atoms with Crippen LogP contribution in [0.3, 0.4) is 0 Å². The smallest absolute Gasteiger partial charge is 0.268 e. The number of allylic oxidation sites excluding steroid dienone is 1. The van der Waals surface area contributed by atoms with Crippen molar-refractivity contribution in [3.63, 3.8) is 0 Å². The summed E-state index contributed by atoms with van der Waals surface area (Å²) in [5, 5.41) is 30.3. The van der Waals surface area contributed by atoms with Gasteiger partial charge in [0.15, 0.2) is 0 Å². The first kappa shape index (κ1) is 54.3. The summed E-state index contributed by atoms with van der Waals surface area (Å²) >= 11 is 0. The number of likely N-dealkylation sites (N-methyl/N-ethyl adjacent to an activating group) is 1. The standard InChI is InChI=1S/C48H84N7O7P/c1-5-7-9-11-13-15-17-19-21-23-25-27-29-31-47(56)46(49-48(57)32-30-28-26-24-22-20-18-16-14-12-10-8-6-2)41-61-63(58,59)60-36-35-55(3,4)40-43-39-54(53-50-43)38-42-33-34-44-45(37-42)52-62-51-44/h29,31,33-34,37,39,46-47,56H,5-28,30,32,35-36,38,40-41H2,1-4H3,(H-,49,57,58,59)/b31-29+/t46-,47+/m0/s1. The molecule has 358 valence electrons. The van der Waals surface area contributed by atoms with Crippen molar-refractivity contribution in [1.29, 1.82) is 0 Å². The third kappa shape index (κ3) is 25.9. The van der Waals surface area contributed by atoms with E-state index in [1.165, 1.54) is 122 Å². The minimum absolute atomic E-state index is 0.120. The third-order valence-electron chi connectivity index (χ3n) is 11.8. The van der Waals surface area contributed by atoms with Crippen molar-refractivity contribution < 1.29 is 37.5 Å². The zero-order valence-corrected chi connectivity index (χ0v) is 40.5. The Hall–Kier alpha value is -3.00. The molecule has 63 heavy (non-hydrogen) atoms. The number of fused-ring (bicyclic) bond motifs is 1. The molecule has 1 unspecified atom stereocenters. The van der Waals surface area contributed by atoms with Crippen LogP contribution in [0.4, 0.5) is 0 Å². The number of carbonyl (C=O) groups is 1. The van der Waals surface area contributed by atoms with Gasteiger partial charge < -0.3 is 28.8 Å². The lowest BCUT2D eigenvalue weighted by molar-refractivity contribution is -0.904. The van der Waals surface area contributed by atoms with Crippen LogP contribution >= 0.6 is 7.82 Å². The number of nitrogens with one attached hydrogen (secondary N) is 1. The topological polar surface area (TPSA) is 178 Å². The molecule has 0 aliphatic heterocycles. The maximum absolute atomic E-state index is 13.0. The van der Waals surface area contributed by atoms with Crippen LogP contribution in [0, 0.1) is 0 Å². The fourth-order valence-corrected chi connectivity index (χ4v) is 8.55. The van der Waals surface area contributed by atoms with Crippen LogP contribution in [-0.2, 0) is 31.5 Å². The molecule has 0 radical (unpaired) electrons. The number of quaternary nitrogens is 1. The number of unbranched alkanes of at least 4 members (excludes halogenated alkanes) is 23. The Morgan fingerprint density at radius 1 is 0.825 bits per heavy atom. The summed E-state index contributed by atoms with van der Waals surface area (Å²) in [5.74, 6) is -0.226. The molecule has 0 saturated heterocycles. The van der Waals surface area contributed by atoms with Crippen LogP contribution in [0.1, 0.15) is 192 Å². The van der Waals surface area contributed by atoms with E-state index in [4.69, 9.17) is 13.7 Å². The molecule has 0 aliphatic rings. The molecule has 2 heterocycles. The van der Waals surface area contributed by atoms with E-state index in [1.54, 1.807) is 10.8 Å². The van der Waals surface area contributed by atoms with Gasteiger partial charge in [-0.3, -0.25) is 9.36 Å². The Bertz CT molecular complexity index is 1700. The number of phosphoric acid groups is 1. The number of rotatable bonds is 40. The number of carbonyl (C=O) groups excluding carboxylic acids is 1. The van der Waals surface area contributed by atoms with Crippen LogP contribution in [-0.4, -0.2) is 86.8 Å².